The number of piperidine rings is 1. The first-order valence-electron chi connectivity index (χ1n) is 9.46. The Morgan fingerprint density at radius 3 is 2.72 bits per heavy atom. The molecule has 1 unspecified atom stereocenters. The molecule has 1 aromatic carbocycles. The molecule has 1 aliphatic carbocycles. The molecule has 0 aromatic heterocycles. The van der Waals surface area contributed by atoms with E-state index >= 15 is 0 Å². The highest BCUT2D eigenvalue weighted by Crippen LogP contribution is 2.58. The standard InChI is InChI=1S/C20H27ClN2O2/c21-16-3-1-2-15(12-16)20(6-10-25-11-7-20)14-23-18(24)17-13-19(17)4-8-22-9-5-19/h1-3,12,17,22H,4-11,13-14H2,(H,23,24). The Hall–Kier alpha value is -1.10. The summed E-state index contributed by atoms with van der Waals surface area (Å²) >= 11 is 6.22. The van der Waals surface area contributed by atoms with Crippen LogP contribution in [0.3, 0.4) is 0 Å². The molecule has 2 saturated heterocycles. The zero-order chi connectivity index (χ0) is 17.3. The third-order valence-corrected chi connectivity index (χ3v) is 6.83. The normalized spacial score (nSPS) is 27.0. The smallest absolute Gasteiger partial charge is 0.223 e. The summed E-state index contributed by atoms with van der Waals surface area (Å²) in [4.78, 5) is 12.8. The SMILES string of the molecule is O=C(NCC1(c2cccc(Cl)c2)CCOCC1)C1CC12CCNCC2. The van der Waals surface area contributed by atoms with Crippen LogP contribution in [0.2, 0.25) is 5.02 Å². The number of nitrogens with one attached hydrogen (secondary N) is 2. The van der Waals surface area contributed by atoms with Crippen molar-refractivity contribution < 1.29 is 9.53 Å². The minimum Gasteiger partial charge on any atom is -0.381 e. The van der Waals surface area contributed by atoms with Crippen molar-refractivity contribution in [2.75, 3.05) is 32.8 Å². The summed E-state index contributed by atoms with van der Waals surface area (Å²) in [5, 5.41) is 7.44. The minimum atomic E-state index is -0.0605. The highest BCUT2D eigenvalue weighted by atomic mass is 35.5. The van der Waals surface area contributed by atoms with Gasteiger partial charge >= 0.3 is 0 Å². The Morgan fingerprint density at radius 1 is 1.24 bits per heavy atom. The van der Waals surface area contributed by atoms with Crippen LogP contribution in [0.1, 0.15) is 37.7 Å². The van der Waals surface area contributed by atoms with Gasteiger partial charge in [0.1, 0.15) is 0 Å². The average molecular weight is 363 g/mol. The molecule has 1 amide bonds. The van der Waals surface area contributed by atoms with Crippen LogP contribution in [-0.2, 0) is 14.9 Å². The van der Waals surface area contributed by atoms with Crippen LogP contribution in [0.25, 0.3) is 0 Å². The van der Waals surface area contributed by atoms with Crippen molar-refractivity contribution in [3.8, 4) is 0 Å². The van der Waals surface area contributed by atoms with E-state index in [-0.39, 0.29) is 22.7 Å². The van der Waals surface area contributed by atoms with Crippen LogP contribution in [0.5, 0.6) is 0 Å². The van der Waals surface area contributed by atoms with Gasteiger partial charge in [0, 0.05) is 36.1 Å². The molecular formula is C20H27ClN2O2. The minimum absolute atomic E-state index is 0.0605. The molecule has 1 aromatic rings. The molecule has 25 heavy (non-hydrogen) atoms. The molecule has 3 fully saturated rings. The van der Waals surface area contributed by atoms with Gasteiger partial charge in [0.05, 0.1) is 0 Å². The van der Waals surface area contributed by atoms with Crippen LogP contribution in [0, 0.1) is 11.3 Å². The zero-order valence-corrected chi connectivity index (χ0v) is 15.4. The number of carbonyl (C=O) groups is 1. The first-order valence-corrected chi connectivity index (χ1v) is 9.84. The summed E-state index contributed by atoms with van der Waals surface area (Å²) < 4.78 is 5.58. The fourth-order valence-corrected chi connectivity index (χ4v) is 4.91. The lowest BCUT2D eigenvalue weighted by molar-refractivity contribution is -0.123. The zero-order valence-electron chi connectivity index (χ0n) is 14.7. The molecule has 1 atom stereocenters. The quantitative estimate of drug-likeness (QED) is 0.865. The number of carbonyl (C=O) groups excluding carboxylic acids is 1. The van der Waals surface area contributed by atoms with Gasteiger partial charge in [-0.2, -0.15) is 0 Å². The summed E-state index contributed by atoms with van der Waals surface area (Å²) in [5.41, 5.74) is 1.44. The molecule has 1 spiro atoms. The van der Waals surface area contributed by atoms with Crippen LogP contribution < -0.4 is 10.6 Å². The number of benzene rings is 1. The number of hydrogen-bond donors (Lipinski definition) is 2. The average Bonchev–Trinajstić information content (AvgIpc) is 3.34. The molecule has 2 N–H and O–H groups in total. The van der Waals surface area contributed by atoms with E-state index in [4.69, 9.17) is 16.3 Å². The Bertz CT molecular complexity index is 636. The third-order valence-electron chi connectivity index (χ3n) is 6.59. The molecule has 136 valence electrons. The number of hydrogen-bond acceptors (Lipinski definition) is 3. The molecule has 1 saturated carbocycles. The van der Waals surface area contributed by atoms with Gasteiger partial charge in [-0.15, -0.1) is 0 Å². The second-order valence-corrected chi connectivity index (χ2v) is 8.43. The number of halogens is 1. The van der Waals surface area contributed by atoms with E-state index in [0.717, 1.165) is 63.4 Å². The van der Waals surface area contributed by atoms with Crippen molar-refractivity contribution >= 4 is 17.5 Å². The number of amides is 1. The Kier molecular flexibility index (Phi) is 4.78. The highest BCUT2D eigenvalue weighted by molar-refractivity contribution is 6.30. The maximum absolute atomic E-state index is 12.8. The summed E-state index contributed by atoms with van der Waals surface area (Å²) in [7, 11) is 0. The largest absolute Gasteiger partial charge is 0.381 e. The summed E-state index contributed by atoms with van der Waals surface area (Å²) in [6.45, 7) is 4.25. The van der Waals surface area contributed by atoms with Gasteiger partial charge in [0.2, 0.25) is 5.91 Å². The van der Waals surface area contributed by atoms with E-state index in [1.54, 1.807) is 0 Å². The second kappa shape index (κ2) is 6.90. The Labute approximate surface area is 154 Å². The molecule has 3 aliphatic rings. The summed E-state index contributed by atoms with van der Waals surface area (Å²) in [5.74, 6) is 0.459. The van der Waals surface area contributed by atoms with E-state index in [2.05, 4.69) is 16.7 Å². The third kappa shape index (κ3) is 3.44. The van der Waals surface area contributed by atoms with Crippen molar-refractivity contribution in [2.24, 2.45) is 11.3 Å². The van der Waals surface area contributed by atoms with Crippen molar-refractivity contribution in [2.45, 2.75) is 37.5 Å². The summed E-state index contributed by atoms with van der Waals surface area (Å²) in [6, 6.07) is 8.09. The van der Waals surface area contributed by atoms with Crippen LogP contribution in [0.4, 0.5) is 0 Å². The van der Waals surface area contributed by atoms with Crippen LogP contribution in [0.15, 0.2) is 24.3 Å². The van der Waals surface area contributed by atoms with Crippen molar-refractivity contribution in [1.29, 1.82) is 0 Å². The molecule has 4 rings (SSSR count). The van der Waals surface area contributed by atoms with Gasteiger partial charge in [-0.05, 0) is 68.3 Å². The lowest BCUT2D eigenvalue weighted by atomic mass is 9.74. The number of rotatable bonds is 4. The van der Waals surface area contributed by atoms with E-state index in [0.29, 0.717) is 6.54 Å². The lowest BCUT2D eigenvalue weighted by Gasteiger charge is -2.38. The van der Waals surface area contributed by atoms with E-state index in [9.17, 15) is 4.79 Å². The van der Waals surface area contributed by atoms with Gasteiger partial charge in [0.25, 0.3) is 0 Å². The molecule has 0 radical (unpaired) electrons. The van der Waals surface area contributed by atoms with E-state index < -0.39 is 0 Å². The van der Waals surface area contributed by atoms with Crippen molar-refractivity contribution in [3.05, 3.63) is 34.9 Å². The van der Waals surface area contributed by atoms with Gasteiger partial charge in [-0.3, -0.25) is 4.79 Å². The monoisotopic (exact) mass is 362 g/mol. The molecule has 5 heteroatoms. The molecule has 0 bridgehead atoms. The van der Waals surface area contributed by atoms with Crippen molar-refractivity contribution in [3.63, 3.8) is 0 Å². The molecular weight excluding hydrogens is 336 g/mol. The maximum Gasteiger partial charge on any atom is 0.223 e. The molecule has 4 nitrogen and oxygen atoms in total. The molecule has 2 aliphatic heterocycles. The second-order valence-electron chi connectivity index (χ2n) is 7.99. The van der Waals surface area contributed by atoms with E-state index in [1.807, 2.05) is 18.2 Å². The van der Waals surface area contributed by atoms with Gasteiger partial charge in [0.15, 0.2) is 0 Å². The molecule has 2 heterocycles. The fourth-order valence-electron chi connectivity index (χ4n) is 4.72. The topological polar surface area (TPSA) is 50.4 Å². The predicted molar refractivity (Wildman–Crippen MR) is 98.8 cm³/mol. The maximum atomic E-state index is 12.8. The van der Waals surface area contributed by atoms with Gasteiger partial charge in [-0.1, -0.05) is 23.7 Å². The first kappa shape index (κ1) is 17.3. The highest BCUT2D eigenvalue weighted by Gasteiger charge is 2.57. The van der Waals surface area contributed by atoms with Gasteiger partial charge in [-0.25, -0.2) is 0 Å². The fraction of sp³-hybridized carbons (Fsp3) is 0.650. The van der Waals surface area contributed by atoms with Crippen LogP contribution >= 0.6 is 11.6 Å². The Balaban J connectivity index is 1.44. The van der Waals surface area contributed by atoms with Crippen molar-refractivity contribution in [1.82, 2.24) is 10.6 Å². The lowest BCUT2D eigenvalue weighted by Crippen LogP contribution is -2.45. The van der Waals surface area contributed by atoms with E-state index in [1.165, 1.54) is 5.56 Å². The predicted octanol–water partition coefficient (Wildman–Crippen LogP) is 2.89. The first-order chi connectivity index (χ1) is 12.1. The number of ether oxygens (including phenoxy) is 1. The van der Waals surface area contributed by atoms with Crippen LogP contribution in [-0.4, -0.2) is 38.8 Å². The summed E-state index contributed by atoms with van der Waals surface area (Å²) in [6.07, 6.45) is 5.19. The Morgan fingerprint density at radius 2 is 2.00 bits per heavy atom. The van der Waals surface area contributed by atoms with Gasteiger partial charge < -0.3 is 15.4 Å².